The molecule has 6 rings (SSSR count). The van der Waals surface area contributed by atoms with Crippen molar-refractivity contribution in [3.05, 3.63) is 102 Å². The molecule has 27 heavy (non-hydrogen) atoms. The van der Waals surface area contributed by atoms with Crippen molar-refractivity contribution in [2.24, 2.45) is 0 Å². The summed E-state index contributed by atoms with van der Waals surface area (Å²) in [4.78, 5) is 0. The second-order valence-corrected chi connectivity index (χ2v) is 7.05. The molecule has 0 fully saturated rings. The highest BCUT2D eigenvalue weighted by Crippen LogP contribution is 2.39. The van der Waals surface area contributed by atoms with Crippen LogP contribution >= 0.6 is 0 Å². The van der Waals surface area contributed by atoms with E-state index < -0.39 is 0 Å². The van der Waals surface area contributed by atoms with Gasteiger partial charge in [-0.15, -0.1) is 0 Å². The topological polar surface area (TPSA) is 14.2 Å². The quantitative estimate of drug-likeness (QED) is 0.332. The molecule has 2 nitrogen and oxygen atoms in total. The Morgan fingerprint density at radius 3 is 2.00 bits per heavy atom. The molecule has 0 saturated heterocycles. The molecular weight excluding hydrogens is 330 g/mol. The molecule has 0 unspecified atom stereocenters. The van der Waals surface area contributed by atoms with Gasteiger partial charge in [0.25, 0.3) is 0 Å². The molecule has 2 heterocycles. The maximum absolute atomic E-state index is 6.23. The smallest absolute Gasteiger partial charge is 0.133 e. The Kier molecular flexibility index (Phi) is 2.97. The minimum Gasteiger partial charge on any atom is -0.457 e. The molecule has 0 N–H and O–H groups in total. The third kappa shape index (κ3) is 2.13. The van der Waals surface area contributed by atoms with Gasteiger partial charge in [0.1, 0.15) is 11.5 Å². The van der Waals surface area contributed by atoms with E-state index in [9.17, 15) is 0 Å². The van der Waals surface area contributed by atoms with E-state index in [1.54, 1.807) is 0 Å². The molecule has 1 aliphatic heterocycles. The monoisotopic (exact) mass is 347 g/mol. The SMILES string of the molecule is c1ccc2c(c1)Cc1ccc(-n3c4ccccc4c4ccccc43)cc1O2. The summed E-state index contributed by atoms with van der Waals surface area (Å²) in [6.45, 7) is 0. The fourth-order valence-electron chi connectivity index (χ4n) is 4.20. The first-order valence-electron chi connectivity index (χ1n) is 9.26. The Morgan fingerprint density at radius 2 is 1.22 bits per heavy atom. The predicted octanol–water partition coefficient (Wildman–Crippen LogP) is 6.48. The van der Waals surface area contributed by atoms with Crippen molar-refractivity contribution in [3.63, 3.8) is 0 Å². The maximum Gasteiger partial charge on any atom is 0.133 e. The average molecular weight is 347 g/mol. The number of fused-ring (bicyclic) bond motifs is 5. The van der Waals surface area contributed by atoms with Crippen LogP contribution in [0.5, 0.6) is 11.5 Å². The van der Waals surface area contributed by atoms with Crippen molar-refractivity contribution >= 4 is 21.8 Å². The summed E-state index contributed by atoms with van der Waals surface area (Å²) in [5.74, 6) is 1.91. The van der Waals surface area contributed by atoms with E-state index in [1.165, 1.54) is 32.9 Å². The van der Waals surface area contributed by atoms with Gasteiger partial charge in [0.15, 0.2) is 0 Å². The Hall–Kier alpha value is -3.52. The van der Waals surface area contributed by atoms with Gasteiger partial charge in [0, 0.05) is 28.9 Å². The summed E-state index contributed by atoms with van der Waals surface area (Å²) >= 11 is 0. The van der Waals surface area contributed by atoms with Crippen molar-refractivity contribution in [1.29, 1.82) is 0 Å². The van der Waals surface area contributed by atoms with E-state index >= 15 is 0 Å². The van der Waals surface area contributed by atoms with Crippen LogP contribution in [-0.4, -0.2) is 4.57 Å². The van der Waals surface area contributed by atoms with Gasteiger partial charge < -0.3 is 9.30 Å². The van der Waals surface area contributed by atoms with Crippen LogP contribution in [0.25, 0.3) is 27.5 Å². The van der Waals surface area contributed by atoms with Gasteiger partial charge in [-0.3, -0.25) is 0 Å². The van der Waals surface area contributed by atoms with Gasteiger partial charge in [0.05, 0.1) is 11.0 Å². The molecule has 2 heteroatoms. The van der Waals surface area contributed by atoms with E-state index in [4.69, 9.17) is 4.74 Å². The van der Waals surface area contributed by atoms with Gasteiger partial charge in [-0.25, -0.2) is 0 Å². The molecule has 0 bridgehead atoms. The first-order valence-corrected chi connectivity index (χ1v) is 9.26. The summed E-state index contributed by atoms with van der Waals surface area (Å²) in [5.41, 5.74) is 6.04. The highest BCUT2D eigenvalue weighted by molar-refractivity contribution is 6.09. The van der Waals surface area contributed by atoms with Crippen molar-refractivity contribution in [2.45, 2.75) is 6.42 Å². The molecule has 1 aromatic heterocycles. The highest BCUT2D eigenvalue weighted by atomic mass is 16.5. The Bertz CT molecular complexity index is 1280. The number of ether oxygens (including phenoxy) is 1. The minimum absolute atomic E-state index is 0.916. The van der Waals surface area contributed by atoms with Gasteiger partial charge >= 0.3 is 0 Å². The fraction of sp³-hybridized carbons (Fsp3) is 0.0400. The van der Waals surface area contributed by atoms with Gasteiger partial charge in [-0.05, 0) is 35.4 Å². The van der Waals surface area contributed by atoms with Crippen LogP contribution in [0.2, 0.25) is 0 Å². The van der Waals surface area contributed by atoms with Crippen molar-refractivity contribution in [3.8, 4) is 17.2 Å². The lowest BCUT2D eigenvalue weighted by Gasteiger charge is -2.21. The number of benzene rings is 4. The van der Waals surface area contributed by atoms with Crippen LogP contribution in [0.1, 0.15) is 11.1 Å². The maximum atomic E-state index is 6.23. The number of aromatic nitrogens is 1. The molecule has 128 valence electrons. The van der Waals surface area contributed by atoms with Crippen LogP contribution < -0.4 is 4.74 Å². The summed E-state index contributed by atoms with van der Waals surface area (Å²) in [6, 6.07) is 32.0. The lowest BCUT2D eigenvalue weighted by molar-refractivity contribution is 0.460. The van der Waals surface area contributed by atoms with E-state index in [0.29, 0.717) is 0 Å². The van der Waals surface area contributed by atoms with Crippen molar-refractivity contribution < 1.29 is 4.74 Å². The lowest BCUT2D eigenvalue weighted by Crippen LogP contribution is -2.04. The average Bonchev–Trinajstić information content (AvgIpc) is 3.06. The van der Waals surface area contributed by atoms with E-state index in [0.717, 1.165) is 23.6 Å². The number of hydrogen-bond donors (Lipinski definition) is 0. The zero-order chi connectivity index (χ0) is 17.8. The van der Waals surface area contributed by atoms with E-state index in [-0.39, 0.29) is 0 Å². The van der Waals surface area contributed by atoms with Crippen molar-refractivity contribution in [2.75, 3.05) is 0 Å². The van der Waals surface area contributed by atoms with E-state index in [2.05, 4.69) is 83.4 Å². The van der Waals surface area contributed by atoms with Crippen LogP contribution in [0.15, 0.2) is 91.0 Å². The molecule has 0 spiro atoms. The second kappa shape index (κ2) is 5.49. The molecule has 0 aliphatic carbocycles. The number of hydrogen-bond acceptors (Lipinski definition) is 1. The predicted molar refractivity (Wildman–Crippen MR) is 110 cm³/mol. The molecule has 5 aromatic rings. The van der Waals surface area contributed by atoms with Gasteiger partial charge in [-0.1, -0.05) is 60.7 Å². The van der Waals surface area contributed by atoms with Gasteiger partial charge in [-0.2, -0.15) is 0 Å². The van der Waals surface area contributed by atoms with Crippen LogP contribution in [0, 0.1) is 0 Å². The molecule has 0 radical (unpaired) electrons. The third-order valence-corrected chi connectivity index (χ3v) is 5.46. The summed E-state index contributed by atoms with van der Waals surface area (Å²) in [7, 11) is 0. The standard InChI is InChI=1S/C25H17NO/c1-6-12-24-17(7-1)15-18-13-14-19(16-25(18)27-24)26-22-10-4-2-8-20(22)21-9-3-5-11-23(21)26/h1-14,16H,15H2. The van der Waals surface area contributed by atoms with Crippen LogP contribution in [0.3, 0.4) is 0 Å². The molecule has 0 atom stereocenters. The largest absolute Gasteiger partial charge is 0.457 e. The lowest BCUT2D eigenvalue weighted by atomic mass is 10.00. The highest BCUT2D eigenvalue weighted by Gasteiger charge is 2.18. The molecule has 4 aromatic carbocycles. The third-order valence-electron chi connectivity index (χ3n) is 5.46. The first-order chi connectivity index (χ1) is 13.4. The molecule has 0 amide bonds. The van der Waals surface area contributed by atoms with Crippen LogP contribution in [-0.2, 0) is 6.42 Å². The first kappa shape index (κ1) is 14.6. The Balaban J connectivity index is 1.59. The molecule has 1 aliphatic rings. The molecule has 0 saturated carbocycles. The number of nitrogens with zero attached hydrogens (tertiary/aromatic N) is 1. The minimum atomic E-state index is 0.916. The number of para-hydroxylation sites is 3. The van der Waals surface area contributed by atoms with Crippen molar-refractivity contribution in [1.82, 2.24) is 4.57 Å². The fourth-order valence-corrected chi connectivity index (χ4v) is 4.20. The van der Waals surface area contributed by atoms with Gasteiger partial charge in [0.2, 0.25) is 0 Å². The zero-order valence-corrected chi connectivity index (χ0v) is 14.7. The van der Waals surface area contributed by atoms with Crippen LogP contribution in [0.4, 0.5) is 0 Å². The summed E-state index contributed by atoms with van der Waals surface area (Å²) < 4.78 is 8.56. The molecular formula is C25H17NO. The Morgan fingerprint density at radius 1 is 0.593 bits per heavy atom. The second-order valence-electron chi connectivity index (χ2n) is 7.05. The normalized spacial score (nSPS) is 12.6. The zero-order valence-electron chi connectivity index (χ0n) is 14.7. The summed E-state index contributed by atoms with van der Waals surface area (Å²) in [6.07, 6.45) is 0.916. The van der Waals surface area contributed by atoms with E-state index in [1.807, 2.05) is 12.1 Å². The number of rotatable bonds is 1. The Labute approximate surface area is 157 Å². The summed E-state index contributed by atoms with van der Waals surface area (Å²) in [5, 5.41) is 2.55.